The first kappa shape index (κ1) is 20.6. The van der Waals surface area contributed by atoms with Gasteiger partial charge < -0.3 is 9.84 Å². The standard InChI is InChI=1S/C14H14F6O3S/c1-3-23-11(21)7-24-10-5-4-8(2)6-9(10)12(22,13(15,16)17)14(18,19)20/h4-6,22H,3,7H2,1-2H3. The molecule has 0 aliphatic heterocycles. The summed E-state index contributed by atoms with van der Waals surface area (Å²) in [7, 11) is 0. The Labute approximate surface area is 138 Å². The molecule has 0 aliphatic rings. The number of aryl methyl sites for hydroxylation is 1. The summed E-state index contributed by atoms with van der Waals surface area (Å²) in [5, 5.41) is 9.55. The number of thioether (sulfide) groups is 1. The summed E-state index contributed by atoms with van der Waals surface area (Å²) in [6.07, 6.45) is -12.0. The van der Waals surface area contributed by atoms with E-state index in [1.54, 1.807) is 0 Å². The number of carbonyl (C=O) groups is 1. The molecule has 1 rings (SSSR count). The van der Waals surface area contributed by atoms with Crippen molar-refractivity contribution in [1.82, 2.24) is 0 Å². The van der Waals surface area contributed by atoms with Gasteiger partial charge in [0.1, 0.15) is 0 Å². The van der Waals surface area contributed by atoms with Crippen molar-refractivity contribution in [1.29, 1.82) is 0 Å². The molecule has 24 heavy (non-hydrogen) atoms. The van der Waals surface area contributed by atoms with Gasteiger partial charge in [-0.15, -0.1) is 11.8 Å². The van der Waals surface area contributed by atoms with Gasteiger partial charge in [-0.05, 0) is 19.9 Å². The Bertz CT molecular complexity index is 583. The number of carbonyl (C=O) groups excluding carboxylic acids is 1. The number of ether oxygens (including phenoxy) is 1. The lowest BCUT2D eigenvalue weighted by molar-refractivity contribution is -0.377. The van der Waals surface area contributed by atoms with E-state index >= 15 is 0 Å². The molecule has 1 aromatic rings. The number of aliphatic hydroxyl groups is 1. The average molecular weight is 376 g/mol. The maximum absolute atomic E-state index is 13.0. The van der Waals surface area contributed by atoms with Gasteiger partial charge >= 0.3 is 18.3 Å². The Hall–Kier alpha value is -1.42. The Morgan fingerprint density at radius 1 is 1.17 bits per heavy atom. The molecule has 0 amide bonds. The number of halogens is 6. The second-order valence-electron chi connectivity index (χ2n) is 4.80. The van der Waals surface area contributed by atoms with Gasteiger partial charge in [0.05, 0.1) is 12.4 Å². The molecular weight excluding hydrogens is 362 g/mol. The van der Waals surface area contributed by atoms with Crippen molar-refractivity contribution in [2.75, 3.05) is 12.4 Å². The monoisotopic (exact) mass is 376 g/mol. The molecule has 0 saturated carbocycles. The van der Waals surface area contributed by atoms with Crippen molar-refractivity contribution in [3.63, 3.8) is 0 Å². The molecule has 10 heteroatoms. The zero-order valence-corrected chi connectivity index (χ0v) is 13.4. The highest BCUT2D eigenvalue weighted by Gasteiger charge is 2.72. The van der Waals surface area contributed by atoms with Crippen LogP contribution in [0.2, 0.25) is 0 Å². The van der Waals surface area contributed by atoms with Crippen molar-refractivity contribution in [2.24, 2.45) is 0 Å². The third-order valence-corrected chi connectivity index (χ3v) is 4.04. The highest BCUT2D eigenvalue weighted by molar-refractivity contribution is 8.00. The summed E-state index contributed by atoms with van der Waals surface area (Å²) in [4.78, 5) is 10.8. The van der Waals surface area contributed by atoms with Crippen LogP contribution in [0.1, 0.15) is 18.1 Å². The smallest absolute Gasteiger partial charge is 0.430 e. The molecule has 0 radical (unpaired) electrons. The molecule has 0 unspecified atom stereocenters. The number of esters is 1. The van der Waals surface area contributed by atoms with Gasteiger partial charge in [0.25, 0.3) is 5.60 Å². The molecule has 0 saturated heterocycles. The summed E-state index contributed by atoms with van der Waals surface area (Å²) in [6.45, 7) is 2.82. The van der Waals surface area contributed by atoms with Crippen LogP contribution in [0.15, 0.2) is 23.1 Å². The molecule has 0 aromatic heterocycles. The van der Waals surface area contributed by atoms with Gasteiger partial charge in [0, 0.05) is 10.5 Å². The molecule has 136 valence electrons. The van der Waals surface area contributed by atoms with Gasteiger partial charge in [-0.1, -0.05) is 17.7 Å². The van der Waals surface area contributed by atoms with Crippen LogP contribution in [0.25, 0.3) is 0 Å². The van der Waals surface area contributed by atoms with Gasteiger partial charge in [-0.25, -0.2) is 0 Å². The third-order valence-electron chi connectivity index (χ3n) is 3.00. The molecule has 1 N–H and O–H groups in total. The number of alkyl halides is 6. The molecule has 0 aliphatic carbocycles. The highest BCUT2D eigenvalue weighted by Crippen LogP contribution is 2.52. The SMILES string of the molecule is CCOC(=O)CSc1ccc(C)cc1C(O)(C(F)(F)F)C(F)(F)F. The van der Waals surface area contributed by atoms with E-state index in [-0.39, 0.29) is 12.2 Å². The minimum Gasteiger partial charge on any atom is -0.465 e. The van der Waals surface area contributed by atoms with E-state index < -0.39 is 40.1 Å². The minimum absolute atomic E-state index is 0.0230. The quantitative estimate of drug-likeness (QED) is 0.480. The fourth-order valence-electron chi connectivity index (χ4n) is 1.86. The van der Waals surface area contributed by atoms with E-state index in [1.165, 1.54) is 19.9 Å². The Morgan fingerprint density at radius 2 is 1.71 bits per heavy atom. The van der Waals surface area contributed by atoms with Crippen molar-refractivity contribution < 1.29 is 41.0 Å². The van der Waals surface area contributed by atoms with Gasteiger partial charge in [-0.2, -0.15) is 26.3 Å². The van der Waals surface area contributed by atoms with Crippen LogP contribution in [0.3, 0.4) is 0 Å². The van der Waals surface area contributed by atoms with Crippen LogP contribution in [-0.4, -0.2) is 35.8 Å². The predicted octanol–water partition coefficient (Wildman–Crippen LogP) is 3.96. The maximum atomic E-state index is 13.0. The van der Waals surface area contributed by atoms with E-state index in [4.69, 9.17) is 0 Å². The van der Waals surface area contributed by atoms with Crippen LogP contribution in [0, 0.1) is 6.92 Å². The van der Waals surface area contributed by atoms with E-state index in [2.05, 4.69) is 4.74 Å². The molecule has 0 spiro atoms. The third kappa shape index (κ3) is 4.15. The Kier molecular flexibility index (Phi) is 6.20. The first-order chi connectivity index (χ1) is 10.8. The molecule has 0 heterocycles. The average Bonchev–Trinajstić information content (AvgIpc) is 2.43. The molecule has 0 fully saturated rings. The number of hydrogen-bond donors (Lipinski definition) is 1. The van der Waals surface area contributed by atoms with E-state index in [0.29, 0.717) is 17.8 Å². The lowest BCUT2D eigenvalue weighted by Gasteiger charge is -2.34. The van der Waals surface area contributed by atoms with Gasteiger partial charge in [0.2, 0.25) is 0 Å². The summed E-state index contributed by atoms with van der Waals surface area (Å²) < 4.78 is 82.9. The van der Waals surface area contributed by atoms with E-state index in [0.717, 1.165) is 6.07 Å². The topological polar surface area (TPSA) is 46.5 Å². The van der Waals surface area contributed by atoms with Crippen molar-refractivity contribution in [2.45, 2.75) is 36.7 Å². The fraction of sp³-hybridized carbons (Fsp3) is 0.500. The largest absolute Gasteiger partial charge is 0.465 e. The van der Waals surface area contributed by atoms with Crippen molar-refractivity contribution in [3.05, 3.63) is 29.3 Å². The first-order valence-electron chi connectivity index (χ1n) is 6.60. The lowest BCUT2D eigenvalue weighted by atomic mass is 9.91. The molecule has 1 aromatic carbocycles. The molecule has 0 bridgehead atoms. The zero-order chi connectivity index (χ0) is 18.8. The van der Waals surface area contributed by atoms with Gasteiger partial charge in [0.15, 0.2) is 0 Å². The van der Waals surface area contributed by atoms with Crippen LogP contribution in [0.4, 0.5) is 26.3 Å². The van der Waals surface area contributed by atoms with E-state index in [1.807, 2.05) is 0 Å². The normalized spacial score (nSPS) is 13.0. The Morgan fingerprint density at radius 3 is 2.17 bits per heavy atom. The lowest BCUT2D eigenvalue weighted by Crippen LogP contribution is -2.54. The van der Waals surface area contributed by atoms with Crippen LogP contribution < -0.4 is 0 Å². The molecule has 0 atom stereocenters. The first-order valence-corrected chi connectivity index (χ1v) is 7.58. The van der Waals surface area contributed by atoms with Crippen molar-refractivity contribution in [3.8, 4) is 0 Å². The number of benzene rings is 1. The second-order valence-corrected chi connectivity index (χ2v) is 5.82. The van der Waals surface area contributed by atoms with Crippen LogP contribution in [0.5, 0.6) is 0 Å². The highest BCUT2D eigenvalue weighted by atomic mass is 32.2. The summed E-state index contributed by atoms with van der Waals surface area (Å²) in [5.41, 5.74) is -6.31. The maximum Gasteiger partial charge on any atom is 0.430 e. The van der Waals surface area contributed by atoms with E-state index in [9.17, 15) is 36.2 Å². The summed E-state index contributed by atoms with van der Waals surface area (Å²) >= 11 is 0.428. The van der Waals surface area contributed by atoms with Crippen LogP contribution >= 0.6 is 11.8 Å². The second kappa shape index (κ2) is 7.22. The molecule has 3 nitrogen and oxygen atoms in total. The minimum atomic E-state index is -5.99. The fourth-order valence-corrected chi connectivity index (χ4v) is 2.74. The van der Waals surface area contributed by atoms with Crippen molar-refractivity contribution >= 4 is 17.7 Å². The van der Waals surface area contributed by atoms with Gasteiger partial charge in [-0.3, -0.25) is 4.79 Å². The predicted molar refractivity (Wildman–Crippen MR) is 74.5 cm³/mol. The Balaban J connectivity index is 3.39. The number of rotatable bonds is 5. The molecular formula is C14H14F6O3S. The zero-order valence-electron chi connectivity index (χ0n) is 12.6. The summed E-state index contributed by atoms with van der Waals surface area (Å²) in [5.74, 6) is -1.29. The van der Waals surface area contributed by atoms with Crippen LogP contribution in [-0.2, 0) is 15.1 Å². The number of hydrogen-bond acceptors (Lipinski definition) is 4. The summed E-state index contributed by atoms with van der Waals surface area (Å²) in [6, 6.07) is 2.88.